The van der Waals surface area contributed by atoms with E-state index in [1.54, 1.807) is 37.4 Å². The van der Waals surface area contributed by atoms with Crippen LogP contribution < -0.4 is 4.74 Å². The Kier molecular flexibility index (Phi) is 6.84. The van der Waals surface area contributed by atoms with Crippen LogP contribution in [-0.4, -0.2) is 35.4 Å². The van der Waals surface area contributed by atoms with Gasteiger partial charge in [0.25, 0.3) is 11.7 Å². The highest BCUT2D eigenvalue weighted by molar-refractivity contribution is 7.10. The summed E-state index contributed by atoms with van der Waals surface area (Å²) in [4.78, 5) is 28.5. The summed E-state index contributed by atoms with van der Waals surface area (Å²) in [6, 6.07) is 14.3. The Bertz CT molecular complexity index is 1230. The predicted molar refractivity (Wildman–Crippen MR) is 131 cm³/mol. The summed E-state index contributed by atoms with van der Waals surface area (Å²) in [5.74, 6) is -1.07. The Morgan fingerprint density at radius 2 is 1.88 bits per heavy atom. The average molecular weight is 480 g/mol. The van der Waals surface area contributed by atoms with Crippen molar-refractivity contribution in [2.75, 3.05) is 13.7 Å². The van der Waals surface area contributed by atoms with E-state index in [4.69, 9.17) is 4.74 Å². The zero-order valence-corrected chi connectivity index (χ0v) is 20.1. The molecule has 0 bridgehead atoms. The van der Waals surface area contributed by atoms with E-state index in [0.29, 0.717) is 17.7 Å². The Hall–Kier alpha value is -3.45. The summed E-state index contributed by atoms with van der Waals surface area (Å²) in [6.45, 7) is 4.29. The fourth-order valence-electron chi connectivity index (χ4n) is 4.24. The number of Topliss-reactive ketones (excluding diaryl/α,β-unsaturated/α-hetero) is 1. The van der Waals surface area contributed by atoms with Crippen molar-refractivity contribution in [1.82, 2.24) is 4.90 Å². The second-order valence-corrected chi connectivity index (χ2v) is 9.48. The molecule has 5 nitrogen and oxygen atoms in total. The SMILES string of the molecule is COc1ccc(/C(O)=C2/C(=O)C(=O)N(CCc3ccc(F)cc3)C2c2cccs2)cc1C(C)C. The molecular formula is C27H26FNO4S. The number of hydrogen-bond donors (Lipinski definition) is 1. The largest absolute Gasteiger partial charge is 0.507 e. The molecule has 0 spiro atoms. The fraction of sp³-hybridized carbons (Fsp3) is 0.259. The predicted octanol–water partition coefficient (Wildman–Crippen LogP) is 5.68. The number of carbonyl (C=O) groups is 2. The molecule has 2 heterocycles. The molecule has 1 atom stereocenters. The van der Waals surface area contributed by atoms with E-state index in [9.17, 15) is 19.1 Å². The number of ketones is 1. The van der Waals surface area contributed by atoms with Crippen molar-refractivity contribution in [2.24, 2.45) is 0 Å². The third-order valence-electron chi connectivity index (χ3n) is 6.03. The molecule has 1 amide bonds. The molecule has 4 rings (SSSR count). The first-order chi connectivity index (χ1) is 16.3. The van der Waals surface area contributed by atoms with Gasteiger partial charge in [-0.3, -0.25) is 9.59 Å². The first kappa shape index (κ1) is 23.7. The molecule has 0 radical (unpaired) electrons. The monoisotopic (exact) mass is 479 g/mol. The van der Waals surface area contributed by atoms with Crippen molar-refractivity contribution in [1.29, 1.82) is 0 Å². The lowest BCUT2D eigenvalue weighted by molar-refractivity contribution is -0.139. The molecule has 1 aromatic heterocycles. The quantitative estimate of drug-likeness (QED) is 0.269. The van der Waals surface area contributed by atoms with Crippen molar-refractivity contribution < 1.29 is 23.8 Å². The summed E-state index contributed by atoms with van der Waals surface area (Å²) in [5.41, 5.74) is 2.28. The summed E-state index contributed by atoms with van der Waals surface area (Å²) >= 11 is 1.42. The minimum absolute atomic E-state index is 0.0754. The molecule has 0 aliphatic carbocycles. The number of amides is 1. The lowest BCUT2D eigenvalue weighted by Crippen LogP contribution is -2.31. The number of rotatable bonds is 7. The van der Waals surface area contributed by atoms with E-state index in [2.05, 4.69) is 0 Å². The maximum atomic E-state index is 13.3. The van der Waals surface area contributed by atoms with Crippen LogP contribution in [0.15, 0.2) is 65.6 Å². The van der Waals surface area contributed by atoms with Crippen LogP contribution in [0.1, 0.15) is 47.4 Å². The number of thiophene rings is 1. The number of likely N-dealkylation sites (tertiary alicyclic amines) is 1. The normalized spacial score (nSPS) is 17.6. The molecule has 1 N–H and O–H groups in total. The van der Waals surface area contributed by atoms with Crippen LogP contribution in [0.5, 0.6) is 5.75 Å². The standard InChI is InChI=1S/C27H26FNO4S/c1-16(2)20-15-18(8-11-21(20)33-3)25(30)23-24(22-5-4-14-34-22)29(27(32)26(23)31)13-12-17-6-9-19(28)10-7-17/h4-11,14-16,24,30H,12-13H2,1-3H3/b25-23-. The van der Waals surface area contributed by atoms with Crippen LogP contribution in [0.2, 0.25) is 0 Å². The number of aliphatic hydroxyl groups is 1. The summed E-state index contributed by atoms with van der Waals surface area (Å²) < 4.78 is 18.7. The number of hydrogen-bond acceptors (Lipinski definition) is 5. The molecule has 1 saturated heterocycles. The molecule has 34 heavy (non-hydrogen) atoms. The Balaban J connectivity index is 1.75. The van der Waals surface area contributed by atoms with Crippen molar-refractivity contribution in [3.63, 3.8) is 0 Å². The molecule has 3 aromatic rings. The van der Waals surface area contributed by atoms with Crippen molar-refractivity contribution in [3.8, 4) is 5.75 Å². The molecule has 1 unspecified atom stereocenters. The minimum Gasteiger partial charge on any atom is -0.507 e. The van der Waals surface area contributed by atoms with Crippen molar-refractivity contribution in [2.45, 2.75) is 32.2 Å². The van der Waals surface area contributed by atoms with Crippen LogP contribution in [0.25, 0.3) is 5.76 Å². The topological polar surface area (TPSA) is 66.8 Å². The van der Waals surface area contributed by atoms with E-state index in [1.165, 1.54) is 28.4 Å². The number of ether oxygens (including phenoxy) is 1. The van der Waals surface area contributed by atoms with E-state index in [0.717, 1.165) is 16.0 Å². The number of halogens is 1. The van der Waals surface area contributed by atoms with Gasteiger partial charge in [0.1, 0.15) is 17.3 Å². The maximum Gasteiger partial charge on any atom is 0.295 e. The van der Waals surface area contributed by atoms with Crippen LogP contribution in [0.4, 0.5) is 4.39 Å². The highest BCUT2D eigenvalue weighted by Crippen LogP contribution is 2.41. The Morgan fingerprint density at radius 1 is 1.15 bits per heavy atom. The zero-order valence-electron chi connectivity index (χ0n) is 19.2. The summed E-state index contributed by atoms with van der Waals surface area (Å²) in [7, 11) is 1.59. The van der Waals surface area contributed by atoms with Crippen molar-refractivity contribution >= 4 is 28.8 Å². The van der Waals surface area contributed by atoms with Crippen LogP contribution >= 0.6 is 11.3 Å². The molecule has 2 aromatic carbocycles. The van der Waals surface area contributed by atoms with Gasteiger partial charge in [0.15, 0.2) is 0 Å². The third kappa shape index (κ3) is 4.48. The van der Waals surface area contributed by atoms with E-state index >= 15 is 0 Å². The molecular weight excluding hydrogens is 453 g/mol. The lowest BCUT2D eigenvalue weighted by Gasteiger charge is -2.24. The number of nitrogens with zero attached hydrogens (tertiary/aromatic N) is 1. The number of benzene rings is 2. The van der Waals surface area contributed by atoms with Crippen LogP contribution in [0, 0.1) is 5.82 Å². The molecule has 0 saturated carbocycles. The fourth-order valence-corrected chi connectivity index (χ4v) is 5.09. The van der Waals surface area contributed by atoms with Gasteiger partial charge in [-0.05, 0) is 65.2 Å². The summed E-state index contributed by atoms with van der Waals surface area (Å²) in [6.07, 6.45) is 0.454. The molecule has 1 aliphatic heterocycles. The third-order valence-corrected chi connectivity index (χ3v) is 6.96. The summed E-state index contributed by atoms with van der Waals surface area (Å²) in [5, 5.41) is 13.2. The molecule has 1 fully saturated rings. The zero-order chi connectivity index (χ0) is 24.4. The molecule has 176 valence electrons. The van der Waals surface area contributed by atoms with E-state index in [-0.39, 0.29) is 29.6 Å². The smallest absolute Gasteiger partial charge is 0.295 e. The molecule has 7 heteroatoms. The first-order valence-corrected chi connectivity index (χ1v) is 11.9. The van der Waals surface area contributed by atoms with Gasteiger partial charge in [-0.25, -0.2) is 4.39 Å². The maximum absolute atomic E-state index is 13.3. The van der Waals surface area contributed by atoms with Gasteiger partial charge in [-0.1, -0.05) is 32.0 Å². The second-order valence-electron chi connectivity index (χ2n) is 8.50. The van der Waals surface area contributed by atoms with Gasteiger partial charge in [0.2, 0.25) is 0 Å². The van der Waals surface area contributed by atoms with Gasteiger partial charge in [-0.2, -0.15) is 0 Å². The first-order valence-electron chi connectivity index (χ1n) is 11.1. The average Bonchev–Trinajstić information content (AvgIpc) is 3.45. The van der Waals surface area contributed by atoms with E-state index in [1.807, 2.05) is 31.4 Å². The highest BCUT2D eigenvalue weighted by Gasteiger charge is 2.46. The van der Waals surface area contributed by atoms with Crippen LogP contribution in [-0.2, 0) is 16.0 Å². The van der Waals surface area contributed by atoms with Gasteiger partial charge < -0.3 is 14.7 Å². The van der Waals surface area contributed by atoms with Gasteiger partial charge in [0.05, 0.1) is 18.7 Å². The van der Waals surface area contributed by atoms with Crippen molar-refractivity contribution in [3.05, 3.63) is 92.9 Å². The Morgan fingerprint density at radius 3 is 2.50 bits per heavy atom. The molecule has 1 aliphatic rings. The second kappa shape index (κ2) is 9.81. The minimum atomic E-state index is -0.711. The van der Waals surface area contributed by atoms with Gasteiger partial charge >= 0.3 is 0 Å². The highest BCUT2D eigenvalue weighted by atomic mass is 32.1. The van der Waals surface area contributed by atoms with E-state index < -0.39 is 17.7 Å². The number of aliphatic hydroxyl groups excluding tert-OH is 1. The number of carbonyl (C=O) groups excluding carboxylic acids is 2. The van der Waals surface area contributed by atoms with Crippen LogP contribution in [0.3, 0.4) is 0 Å². The lowest BCUT2D eigenvalue weighted by atomic mass is 9.95. The number of methoxy groups -OCH3 is 1. The van der Waals surface area contributed by atoms with Gasteiger partial charge in [0, 0.05) is 17.0 Å². The van der Waals surface area contributed by atoms with Gasteiger partial charge in [-0.15, -0.1) is 11.3 Å². The Labute approximate surface area is 202 Å².